The van der Waals surface area contributed by atoms with Crippen molar-refractivity contribution in [3.05, 3.63) is 89.2 Å². The molecule has 1 saturated heterocycles. The fourth-order valence-corrected chi connectivity index (χ4v) is 5.41. The number of sulfonamides is 1. The number of hydrogen-bond acceptors (Lipinski definition) is 4. The highest BCUT2D eigenvalue weighted by Gasteiger charge is 2.25. The van der Waals surface area contributed by atoms with Crippen molar-refractivity contribution in [3.8, 4) is 0 Å². The standard InChI is InChI=1S/C28H32FN3O3S/c1-3-4-5-22-7-11-24(12-8-22)30-36(34,35)26-15-6-21(2)27(20-26)28(33)32-18-16-31(17-19-32)25-13-9-23(29)10-14-25/h6-15,20,30H,3-5,16-19H2,1-2H3. The van der Waals surface area contributed by atoms with E-state index in [1.165, 1.54) is 29.8 Å². The molecule has 36 heavy (non-hydrogen) atoms. The lowest BCUT2D eigenvalue weighted by Crippen LogP contribution is -2.49. The van der Waals surface area contributed by atoms with Crippen LogP contribution in [0.15, 0.2) is 71.6 Å². The number of amides is 1. The number of carbonyl (C=O) groups is 1. The number of carbonyl (C=O) groups excluding carboxylic acids is 1. The molecule has 0 saturated carbocycles. The normalized spacial score (nSPS) is 14.1. The predicted octanol–water partition coefficient (Wildman–Crippen LogP) is 5.24. The SMILES string of the molecule is CCCCc1ccc(NS(=O)(=O)c2ccc(C)c(C(=O)N3CCN(c4ccc(F)cc4)CC3)c2)cc1. The van der Waals surface area contributed by atoms with Gasteiger partial charge >= 0.3 is 0 Å². The number of nitrogens with one attached hydrogen (secondary N) is 1. The third-order valence-electron chi connectivity index (χ3n) is 6.53. The summed E-state index contributed by atoms with van der Waals surface area (Å²) in [5.41, 5.74) is 3.67. The van der Waals surface area contributed by atoms with Crippen LogP contribution < -0.4 is 9.62 Å². The van der Waals surface area contributed by atoms with Crippen molar-refractivity contribution in [3.63, 3.8) is 0 Å². The molecule has 1 aliphatic rings. The molecule has 8 heteroatoms. The molecule has 0 atom stereocenters. The number of benzene rings is 3. The van der Waals surface area contributed by atoms with Crippen molar-refractivity contribution < 1.29 is 17.6 Å². The number of aryl methyl sites for hydroxylation is 2. The Morgan fingerprint density at radius 2 is 1.61 bits per heavy atom. The van der Waals surface area contributed by atoms with Crippen molar-refractivity contribution in [2.45, 2.75) is 38.0 Å². The number of piperazine rings is 1. The second-order valence-corrected chi connectivity index (χ2v) is 10.8. The number of halogens is 1. The first-order valence-corrected chi connectivity index (χ1v) is 13.8. The van der Waals surface area contributed by atoms with Crippen LogP contribution in [0.2, 0.25) is 0 Å². The van der Waals surface area contributed by atoms with E-state index in [1.807, 2.05) is 12.1 Å². The lowest BCUT2D eigenvalue weighted by atomic mass is 10.1. The third-order valence-corrected chi connectivity index (χ3v) is 7.91. The fourth-order valence-electron chi connectivity index (χ4n) is 4.32. The van der Waals surface area contributed by atoms with Gasteiger partial charge in [0.1, 0.15) is 5.82 Å². The molecule has 3 aromatic carbocycles. The van der Waals surface area contributed by atoms with Gasteiger partial charge in [-0.15, -0.1) is 0 Å². The minimum atomic E-state index is -3.85. The predicted molar refractivity (Wildman–Crippen MR) is 142 cm³/mol. The van der Waals surface area contributed by atoms with Gasteiger partial charge in [0.05, 0.1) is 4.90 Å². The highest BCUT2D eigenvalue weighted by Crippen LogP contribution is 2.23. The molecule has 1 fully saturated rings. The zero-order valence-corrected chi connectivity index (χ0v) is 21.5. The highest BCUT2D eigenvalue weighted by atomic mass is 32.2. The van der Waals surface area contributed by atoms with Gasteiger partial charge in [-0.25, -0.2) is 12.8 Å². The van der Waals surface area contributed by atoms with Crippen LogP contribution in [0.5, 0.6) is 0 Å². The maximum atomic E-state index is 13.3. The summed E-state index contributed by atoms with van der Waals surface area (Å²) < 4.78 is 42.0. The molecule has 1 amide bonds. The van der Waals surface area contributed by atoms with Gasteiger partial charge < -0.3 is 9.80 Å². The van der Waals surface area contributed by atoms with Gasteiger partial charge in [0, 0.05) is 43.1 Å². The number of hydrogen-bond donors (Lipinski definition) is 1. The highest BCUT2D eigenvalue weighted by molar-refractivity contribution is 7.92. The summed E-state index contributed by atoms with van der Waals surface area (Å²) in [7, 11) is -3.85. The molecule has 4 rings (SSSR count). The molecule has 0 spiro atoms. The average molecular weight is 510 g/mol. The van der Waals surface area contributed by atoms with Gasteiger partial charge in [-0.3, -0.25) is 9.52 Å². The Balaban J connectivity index is 1.44. The monoisotopic (exact) mass is 509 g/mol. The van der Waals surface area contributed by atoms with E-state index >= 15 is 0 Å². The van der Waals surface area contributed by atoms with Crippen molar-refractivity contribution in [2.75, 3.05) is 35.8 Å². The van der Waals surface area contributed by atoms with E-state index in [0.717, 1.165) is 30.5 Å². The lowest BCUT2D eigenvalue weighted by molar-refractivity contribution is 0.0746. The molecule has 0 aromatic heterocycles. The topological polar surface area (TPSA) is 69.7 Å². The summed E-state index contributed by atoms with van der Waals surface area (Å²) in [6.07, 6.45) is 3.16. The van der Waals surface area contributed by atoms with E-state index in [4.69, 9.17) is 0 Å². The Morgan fingerprint density at radius 1 is 0.944 bits per heavy atom. The Hall–Kier alpha value is -3.39. The van der Waals surface area contributed by atoms with E-state index < -0.39 is 10.0 Å². The van der Waals surface area contributed by atoms with E-state index in [1.54, 1.807) is 42.2 Å². The molecule has 0 radical (unpaired) electrons. The Labute approximate surface area is 212 Å². The van der Waals surface area contributed by atoms with Crippen LogP contribution in [0.3, 0.4) is 0 Å². The number of rotatable bonds is 8. The van der Waals surface area contributed by atoms with Crippen molar-refractivity contribution in [2.24, 2.45) is 0 Å². The van der Waals surface area contributed by atoms with Gasteiger partial charge in [-0.05, 0) is 79.4 Å². The van der Waals surface area contributed by atoms with Gasteiger partial charge in [0.15, 0.2) is 0 Å². The summed E-state index contributed by atoms with van der Waals surface area (Å²) in [4.78, 5) is 17.2. The smallest absolute Gasteiger partial charge is 0.261 e. The first kappa shape index (κ1) is 25.7. The van der Waals surface area contributed by atoms with Crippen LogP contribution in [0, 0.1) is 12.7 Å². The molecule has 1 N–H and O–H groups in total. The van der Waals surface area contributed by atoms with Crippen molar-refractivity contribution in [1.82, 2.24) is 4.90 Å². The Morgan fingerprint density at radius 3 is 2.25 bits per heavy atom. The molecule has 0 aliphatic carbocycles. The first-order chi connectivity index (χ1) is 17.3. The van der Waals surface area contributed by atoms with Gasteiger partial charge in [-0.2, -0.15) is 0 Å². The summed E-state index contributed by atoms with van der Waals surface area (Å²) in [6.45, 7) is 6.16. The lowest BCUT2D eigenvalue weighted by Gasteiger charge is -2.36. The summed E-state index contributed by atoms with van der Waals surface area (Å²) in [5.74, 6) is -0.472. The van der Waals surface area contributed by atoms with E-state index in [-0.39, 0.29) is 16.6 Å². The summed E-state index contributed by atoms with van der Waals surface area (Å²) >= 11 is 0. The summed E-state index contributed by atoms with van der Waals surface area (Å²) in [6, 6.07) is 18.4. The zero-order valence-electron chi connectivity index (χ0n) is 20.7. The maximum Gasteiger partial charge on any atom is 0.261 e. The molecule has 1 heterocycles. The minimum Gasteiger partial charge on any atom is -0.368 e. The van der Waals surface area contributed by atoms with Crippen LogP contribution in [0.25, 0.3) is 0 Å². The summed E-state index contributed by atoms with van der Waals surface area (Å²) in [5, 5.41) is 0. The quantitative estimate of drug-likeness (QED) is 0.451. The molecule has 190 valence electrons. The molecular weight excluding hydrogens is 477 g/mol. The third kappa shape index (κ3) is 6.05. The number of nitrogens with zero attached hydrogens (tertiary/aromatic N) is 2. The number of anilines is 2. The van der Waals surface area contributed by atoms with Gasteiger partial charge in [-0.1, -0.05) is 31.5 Å². The molecule has 0 unspecified atom stereocenters. The number of unbranched alkanes of at least 4 members (excludes halogenated alkanes) is 1. The fraction of sp³-hybridized carbons (Fsp3) is 0.321. The van der Waals surface area contributed by atoms with Gasteiger partial charge in [0.2, 0.25) is 0 Å². The zero-order chi connectivity index (χ0) is 25.7. The van der Waals surface area contributed by atoms with E-state index in [2.05, 4.69) is 16.5 Å². The van der Waals surface area contributed by atoms with Crippen molar-refractivity contribution in [1.29, 1.82) is 0 Å². The van der Waals surface area contributed by atoms with Crippen molar-refractivity contribution >= 4 is 27.3 Å². The first-order valence-electron chi connectivity index (χ1n) is 12.3. The second kappa shape index (κ2) is 11.1. The molecule has 1 aliphatic heterocycles. The molecular formula is C28H32FN3O3S. The van der Waals surface area contributed by atoms with Gasteiger partial charge in [0.25, 0.3) is 15.9 Å². The molecule has 6 nitrogen and oxygen atoms in total. The van der Waals surface area contributed by atoms with E-state index in [0.29, 0.717) is 37.4 Å². The Kier molecular flexibility index (Phi) is 7.94. The van der Waals surface area contributed by atoms with E-state index in [9.17, 15) is 17.6 Å². The van der Waals surface area contributed by atoms with Crippen LogP contribution in [0.4, 0.5) is 15.8 Å². The van der Waals surface area contributed by atoms with Crippen LogP contribution in [-0.4, -0.2) is 45.4 Å². The molecule has 3 aromatic rings. The van der Waals surface area contributed by atoms with Crippen LogP contribution >= 0.6 is 0 Å². The molecule has 0 bridgehead atoms. The second-order valence-electron chi connectivity index (χ2n) is 9.14. The van der Waals surface area contributed by atoms with Crippen LogP contribution in [0.1, 0.15) is 41.3 Å². The average Bonchev–Trinajstić information content (AvgIpc) is 2.88. The van der Waals surface area contributed by atoms with Crippen LogP contribution in [-0.2, 0) is 16.4 Å². The maximum absolute atomic E-state index is 13.3. The minimum absolute atomic E-state index is 0.0523. The largest absolute Gasteiger partial charge is 0.368 e. The Bertz CT molecular complexity index is 1300.